The fraction of sp³-hybridized carbons (Fsp3) is 1.00. The molecule has 3 saturated heterocycles. The van der Waals surface area contributed by atoms with Crippen molar-refractivity contribution in [3.63, 3.8) is 0 Å². The summed E-state index contributed by atoms with van der Waals surface area (Å²) in [7, 11) is 0. The van der Waals surface area contributed by atoms with Crippen LogP contribution in [0.1, 0.15) is 57.8 Å². The Morgan fingerprint density at radius 3 is 2.04 bits per heavy atom. The van der Waals surface area contributed by atoms with E-state index in [1.807, 2.05) is 0 Å². The first-order valence-corrected chi connectivity index (χ1v) is 11.0. The zero-order chi connectivity index (χ0) is 16.0. The first-order chi connectivity index (χ1) is 11.8. The summed E-state index contributed by atoms with van der Waals surface area (Å²) >= 11 is 0. The molecule has 2 saturated carbocycles. The van der Waals surface area contributed by atoms with Crippen molar-refractivity contribution in [1.82, 2.24) is 15.5 Å². The van der Waals surface area contributed by atoms with Crippen molar-refractivity contribution < 1.29 is 0 Å². The van der Waals surface area contributed by atoms with Gasteiger partial charge in [0, 0.05) is 19.1 Å². The number of piperidine rings is 3. The zero-order valence-corrected chi connectivity index (χ0v) is 15.4. The van der Waals surface area contributed by atoms with Crippen molar-refractivity contribution >= 4 is 0 Å². The summed E-state index contributed by atoms with van der Waals surface area (Å²) in [6, 6.07) is 0.931. The fourth-order valence-electron chi connectivity index (χ4n) is 7.50. The van der Waals surface area contributed by atoms with Gasteiger partial charge in [-0.2, -0.15) is 0 Å². The molecule has 3 heteroatoms. The van der Waals surface area contributed by atoms with Crippen molar-refractivity contribution in [3.05, 3.63) is 0 Å². The van der Waals surface area contributed by atoms with Gasteiger partial charge >= 0.3 is 0 Å². The van der Waals surface area contributed by atoms with Crippen molar-refractivity contribution in [3.8, 4) is 0 Å². The van der Waals surface area contributed by atoms with Crippen LogP contribution in [0, 0.1) is 29.1 Å². The molecular formula is C21H37N3. The molecule has 1 spiro atoms. The summed E-state index contributed by atoms with van der Waals surface area (Å²) in [5.41, 5.74) is 0.723. The highest BCUT2D eigenvalue weighted by atomic mass is 15.2. The Hall–Kier alpha value is -0.120. The molecular weight excluding hydrogens is 294 g/mol. The molecule has 3 nitrogen and oxygen atoms in total. The lowest BCUT2D eigenvalue weighted by molar-refractivity contribution is 0.0316. The monoisotopic (exact) mass is 331 g/mol. The molecule has 0 amide bonds. The maximum Gasteiger partial charge on any atom is 0.0101 e. The first kappa shape index (κ1) is 16.1. The highest BCUT2D eigenvalue weighted by molar-refractivity contribution is 5.01. The first-order valence-electron chi connectivity index (χ1n) is 11.0. The van der Waals surface area contributed by atoms with Gasteiger partial charge in [-0.1, -0.05) is 0 Å². The van der Waals surface area contributed by atoms with Gasteiger partial charge in [0.15, 0.2) is 0 Å². The van der Waals surface area contributed by atoms with E-state index in [4.69, 9.17) is 0 Å². The number of nitrogens with zero attached hydrogens (tertiary/aromatic N) is 1. The average molecular weight is 332 g/mol. The van der Waals surface area contributed by atoms with Crippen LogP contribution >= 0.6 is 0 Å². The summed E-state index contributed by atoms with van der Waals surface area (Å²) in [5, 5.41) is 7.15. The fourth-order valence-corrected chi connectivity index (χ4v) is 7.50. The van der Waals surface area contributed by atoms with E-state index in [-0.39, 0.29) is 0 Å². The number of likely N-dealkylation sites (tertiary alicyclic amines) is 1. The Bertz CT molecular complexity index is 424. The minimum absolute atomic E-state index is 0.723. The molecule has 0 aromatic heterocycles. The molecule has 136 valence electrons. The normalized spacial score (nSPS) is 43.5. The van der Waals surface area contributed by atoms with E-state index in [0.29, 0.717) is 0 Å². The maximum absolute atomic E-state index is 3.58. The number of nitrogens with one attached hydrogen (secondary N) is 2. The minimum Gasteiger partial charge on any atom is -0.317 e. The van der Waals surface area contributed by atoms with Crippen molar-refractivity contribution in [2.24, 2.45) is 29.1 Å². The quantitative estimate of drug-likeness (QED) is 0.815. The molecule has 2 bridgehead atoms. The van der Waals surface area contributed by atoms with Crippen LogP contribution in [0.15, 0.2) is 0 Å². The van der Waals surface area contributed by atoms with Gasteiger partial charge in [-0.3, -0.25) is 4.90 Å². The lowest BCUT2D eigenvalue weighted by Crippen LogP contribution is -2.49. The molecule has 2 aliphatic carbocycles. The van der Waals surface area contributed by atoms with Crippen molar-refractivity contribution in [2.45, 2.75) is 63.8 Å². The van der Waals surface area contributed by atoms with Crippen LogP contribution in [-0.2, 0) is 0 Å². The zero-order valence-electron chi connectivity index (χ0n) is 15.4. The van der Waals surface area contributed by atoms with E-state index >= 15 is 0 Å². The van der Waals surface area contributed by atoms with E-state index in [1.54, 1.807) is 0 Å². The summed E-state index contributed by atoms with van der Waals surface area (Å²) in [6.07, 6.45) is 13.4. The molecule has 2 N–H and O–H groups in total. The number of fused-ring (bicyclic) bond motifs is 2. The van der Waals surface area contributed by atoms with Gasteiger partial charge < -0.3 is 10.6 Å². The lowest BCUT2D eigenvalue weighted by atomic mass is 9.72. The van der Waals surface area contributed by atoms with Crippen molar-refractivity contribution in [2.75, 3.05) is 39.3 Å². The predicted octanol–water partition coefficient (Wildman–Crippen LogP) is 2.87. The Morgan fingerprint density at radius 2 is 1.33 bits per heavy atom. The highest BCUT2D eigenvalue weighted by Crippen LogP contribution is 2.52. The molecule has 3 atom stereocenters. The van der Waals surface area contributed by atoms with Gasteiger partial charge in [0.2, 0.25) is 0 Å². The van der Waals surface area contributed by atoms with Crippen LogP contribution in [0.25, 0.3) is 0 Å². The van der Waals surface area contributed by atoms with Gasteiger partial charge in [0.25, 0.3) is 0 Å². The summed E-state index contributed by atoms with van der Waals surface area (Å²) < 4.78 is 0. The average Bonchev–Trinajstić information content (AvgIpc) is 3.15. The standard InChI is InChI=1S/C21H37N3/c1-2-18-15-24(14-17(1)20(18)16-4-9-22-10-5-16)19-3-6-21(13-19)7-11-23-12-8-21/h16-20,22-23H,1-15H2. The molecule has 24 heavy (non-hydrogen) atoms. The molecule has 5 aliphatic rings. The molecule has 3 heterocycles. The Labute approximate surface area is 148 Å². The van der Waals surface area contributed by atoms with Gasteiger partial charge in [-0.15, -0.1) is 0 Å². The topological polar surface area (TPSA) is 27.3 Å². The largest absolute Gasteiger partial charge is 0.317 e. The van der Waals surface area contributed by atoms with E-state index in [9.17, 15) is 0 Å². The maximum atomic E-state index is 3.58. The molecule has 5 fully saturated rings. The second-order valence-corrected chi connectivity index (χ2v) is 9.86. The second-order valence-electron chi connectivity index (χ2n) is 9.86. The SMILES string of the molecule is C1CC(C2C3CCC2CN(C2CCC4(CCNCC4)C2)C3)CCN1. The molecule has 0 aromatic rings. The second kappa shape index (κ2) is 6.55. The Morgan fingerprint density at radius 1 is 0.667 bits per heavy atom. The summed E-state index contributed by atoms with van der Waals surface area (Å²) in [4.78, 5) is 2.98. The lowest BCUT2D eigenvalue weighted by Gasteiger charge is -2.45. The van der Waals surface area contributed by atoms with E-state index < -0.39 is 0 Å². The highest BCUT2D eigenvalue weighted by Gasteiger charge is 2.49. The van der Waals surface area contributed by atoms with Gasteiger partial charge in [-0.25, -0.2) is 0 Å². The Balaban J connectivity index is 1.23. The van der Waals surface area contributed by atoms with Crippen LogP contribution in [0.2, 0.25) is 0 Å². The summed E-state index contributed by atoms with van der Waals surface area (Å²) in [6.45, 7) is 8.01. The third-order valence-electron chi connectivity index (χ3n) is 8.72. The van der Waals surface area contributed by atoms with E-state index in [0.717, 1.165) is 35.1 Å². The molecule has 3 aliphatic heterocycles. The van der Waals surface area contributed by atoms with Crippen LogP contribution in [-0.4, -0.2) is 50.2 Å². The number of rotatable bonds is 2. The number of hydrogen-bond acceptors (Lipinski definition) is 3. The smallest absolute Gasteiger partial charge is 0.0101 e. The molecule has 3 unspecified atom stereocenters. The molecule has 5 rings (SSSR count). The third kappa shape index (κ3) is 2.85. The van der Waals surface area contributed by atoms with Crippen LogP contribution < -0.4 is 10.6 Å². The van der Waals surface area contributed by atoms with Gasteiger partial charge in [-0.05, 0) is 113 Å². The van der Waals surface area contributed by atoms with Crippen LogP contribution in [0.5, 0.6) is 0 Å². The van der Waals surface area contributed by atoms with Crippen molar-refractivity contribution in [1.29, 1.82) is 0 Å². The van der Waals surface area contributed by atoms with E-state index in [1.165, 1.54) is 97.1 Å². The number of hydrogen-bond donors (Lipinski definition) is 2. The Kier molecular flexibility index (Phi) is 4.39. The third-order valence-corrected chi connectivity index (χ3v) is 8.72. The minimum atomic E-state index is 0.723. The van der Waals surface area contributed by atoms with Crippen LogP contribution in [0.4, 0.5) is 0 Å². The molecule has 0 radical (unpaired) electrons. The summed E-state index contributed by atoms with van der Waals surface area (Å²) in [5.74, 6) is 4.20. The van der Waals surface area contributed by atoms with Crippen LogP contribution in [0.3, 0.4) is 0 Å². The molecule has 0 aromatic carbocycles. The van der Waals surface area contributed by atoms with E-state index in [2.05, 4.69) is 15.5 Å². The predicted molar refractivity (Wildman–Crippen MR) is 99.0 cm³/mol. The van der Waals surface area contributed by atoms with Gasteiger partial charge in [0.1, 0.15) is 0 Å². The van der Waals surface area contributed by atoms with Gasteiger partial charge in [0.05, 0.1) is 0 Å².